The van der Waals surface area contributed by atoms with E-state index in [4.69, 9.17) is 9.59 Å². The molecular weight excluding hydrogens is 266 g/mol. The van der Waals surface area contributed by atoms with Gasteiger partial charge in [-0.25, -0.2) is 0 Å². The third-order valence-corrected chi connectivity index (χ3v) is 1.86. The monoisotopic (exact) mass is 278 g/mol. The van der Waals surface area contributed by atoms with Gasteiger partial charge in [-0.2, -0.15) is 15.2 Å². The Morgan fingerprint density at radius 3 is 2.05 bits per heavy atom. The first-order valence-electron chi connectivity index (χ1n) is 4.99. The molecule has 0 N–H and O–H groups in total. The van der Waals surface area contributed by atoms with Crippen molar-refractivity contribution in [1.82, 2.24) is 0 Å². The van der Waals surface area contributed by atoms with Crippen LogP contribution >= 0.6 is 0 Å². The molecule has 0 saturated heterocycles. The van der Waals surface area contributed by atoms with E-state index in [9.17, 15) is 9.90 Å². The summed E-state index contributed by atoms with van der Waals surface area (Å²) in [6.45, 7) is 1.86. The van der Waals surface area contributed by atoms with E-state index < -0.39 is 5.97 Å². The van der Waals surface area contributed by atoms with Gasteiger partial charge >= 0.3 is 65.3 Å². The number of hydrogen-bond acceptors (Lipinski definition) is 4. The Balaban J connectivity index is -0.000000468. The average Bonchev–Trinajstić information content (AvgIpc) is 2.31. The first-order chi connectivity index (χ1) is 8.15. The molecule has 0 aliphatic heterocycles. The summed E-state index contributed by atoms with van der Waals surface area (Å²) in [5.74, 6) is -1.13. The first-order valence-corrected chi connectivity index (χ1v) is 4.99. The number of carboxylic acids is 1. The molecule has 6 heteroatoms. The molecule has 0 radical (unpaired) electrons. The summed E-state index contributed by atoms with van der Waals surface area (Å²) in [6.07, 6.45) is 4.01. The largest absolute Gasteiger partial charge is 1.00 e. The Morgan fingerprint density at radius 1 is 1.21 bits per heavy atom. The zero-order valence-electron chi connectivity index (χ0n) is 11.4. The molecule has 4 nitrogen and oxygen atoms in total. The molecule has 0 aliphatic rings. The Morgan fingerprint density at radius 2 is 1.68 bits per heavy atom. The van der Waals surface area contributed by atoms with Crippen LogP contribution in [0.5, 0.6) is 0 Å². The fraction of sp³-hybridized carbons (Fsp3) is 0.231. The minimum absolute atomic E-state index is 0. The molecule has 90 valence electrons. The summed E-state index contributed by atoms with van der Waals surface area (Å²) in [5, 5.41) is 10.7. The van der Waals surface area contributed by atoms with Crippen LogP contribution in [0.1, 0.15) is 18.9 Å². The third-order valence-electron chi connectivity index (χ3n) is 1.86. The number of carboxylic acid groups (broad SMARTS) is 1. The van der Waals surface area contributed by atoms with Gasteiger partial charge in [0.15, 0.2) is 0 Å². The van der Waals surface area contributed by atoms with Gasteiger partial charge in [0.2, 0.25) is 0 Å². The normalized spacial score (nSPS) is 8.79. The SMILES string of the molecule is CC[C-]=C(Cc1ccccc1)C(=O)[O-].O=C=O.[Na+].[Na+]. The van der Waals surface area contributed by atoms with E-state index in [2.05, 4.69) is 6.08 Å². The smallest absolute Gasteiger partial charge is 0.658 e. The van der Waals surface area contributed by atoms with E-state index in [0.29, 0.717) is 12.8 Å². The van der Waals surface area contributed by atoms with E-state index in [1.54, 1.807) is 0 Å². The van der Waals surface area contributed by atoms with Crippen LogP contribution in [-0.2, 0) is 20.8 Å². The molecule has 1 rings (SSSR count). The Hall–Kier alpha value is -0.190. The standard InChI is InChI=1S/C12H13O2.CO2.2Na/c1-2-6-11(12(13)14)9-10-7-4-3-5-8-10;2-1-3;;/h3-5,7-8H,2,9H2,1H3,(H,13,14);;;/q-1;;2*+1/p-1. The van der Waals surface area contributed by atoms with Gasteiger partial charge in [0.05, 0.1) is 0 Å². The number of carbonyl (C=O) groups excluding carboxylic acids is 3. The van der Waals surface area contributed by atoms with Crippen LogP contribution in [0.2, 0.25) is 0 Å². The summed E-state index contributed by atoms with van der Waals surface area (Å²) in [7, 11) is 0. The van der Waals surface area contributed by atoms with Gasteiger partial charge in [0, 0.05) is 0 Å². The van der Waals surface area contributed by atoms with Crippen molar-refractivity contribution in [3.63, 3.8) is 0 Å². The summed E-state index contributed by atoms with van der Waals surface area (Å²) in [6, 6.07) is 9.44. The van der Waals surface area contributed by atoms with E-state index in [1.807, 2.05) is 37.3 Å². The Bertz CT molecular complexity index is 410. The molecule has 0 saturated carbocycles. The molecule has 0 atom stereocenters. The van der Waals surface area contributed by atoms with Crippen molar-refractivity contribution in [2.75, 3.05) is 0 Å². The molecular formula is C13H12Na2O4. The number of rotatable bonds is 4. The van der Waals surface area contributed by atoms with Crippen molar-refractivity contribution in [2.24, 2.45) is 0 Å². The summed E-state index contributed by atoms with van der Waals surface area (Å²) < 4.78 is 0. The van der Waals surface area contributed by atoms with Gasteiger partial charge in [0.1, 0.15) is 0 Å². The topological polar surface area (TPSA) is 74.3 Å². The number of hydrogen-bond donors (Lipinski definition) is 0. The molecule has 0 heterocycles. The maximum Gasteiger partial charge on any atom is 1.00 e. The van der Waals surface area contributed by atoms with Crippen LogP contribution in [0.15, 0.2) is 35.9 Å². The molecule has 1 aromatic carbocycles. The van der Waals surface area contributed by atoms with Crippen LogP contribution in [0.4, 0.5) is 0 Å². The maximum atomic E-state index is 10.7. The molecule has 0 bridgehead atoms. The van der Waals surface area contributed by atoms with Crippen molar-refractivity contribution < 1.29 is 78.6 Å². The van der Waals surface area contributed by atoms with E-state index in [0.717, 1.165) is 5.56 Å². The predicted molar refractivity (Wildman–Crippen MR) is 57.2 cm³/mol. The Kier molecular flexibility index (Phi) is 19.9. The third kappa shape index (κ3) is 12.6. The predicted octanol–water partition coefficient (Wildman–Crippen LogP) is -5.46. The summed E-state index contributed by atoms with van der Waals surface area (Å²) >= 11 is 0. The van der Waals surface area contributed by atoms with Crippen molar-refractivity contribution >= 4 is 12.1 Å². The minimum Gasteiger partial charge on any atom is -0.658 e. The van der Waals surface area contributed by atoms with Crippen LogP contribution in [0.3, 0.4) is 0 Å². The van der Waals surface area contributed by atoms with Crippen molar-refractivity contribution in [3.8, 4) is 0 Å². The molecule has 0 aromatic heterocycles. The van der Waals surface area contributed by atoms with Crippen LogP contribution in [-0.4, -0.2) is 12.1 Å². The second-order valence-electron chi connectivity index (χ2n) is 3.04. The number of benzene rings is 1. The van der Waals surface area contributed by atoms with Gasteiger partial charge in [-0.1, -0.05) is 37.3 Å². The molecule has 0 spiro atoms. The fourth-order valence-corrected chi connectivity index (χ4v) is 1.22. The van der Waals surface area contributed by atoms with Crippen LogP contribution < -0.4 is 64.2 Å². The number of aliphatic carboxylic acids is 1. The van der Waals surface area contributed by atoms with Gasteiger partial charge in [-0.3, -0.25) is 6.08 Å². The number of carbonyl (C=O) groups is 1. The molecule has 0 aliphatic carbocycles. The van der Waals surface area contributed by atoms with Crippen LogP contribution in [0, 0.1) is 6.08 Å². The van der Waals surface area contributed by atoms with E-state index in [1.165, 1.54) is 0 Å². The van der Waals surface area contributed by atoms with Gasteiger partial charge in [-0.05, 0) is 12.0 Å². The van der Waals surface area contributed by atoms with E-state index in [-0.39, 0.29) is 70.8 Å². The van der Waals surface area contributed by atoms with Gasteiger partial charge in [0.25, 0.3) is 0 Å². The van der Waals surface area contributed by atoms with Gasteiger partial charge in [-0.15, -0.1) is 12.4 Å². The second kappa shape index (κ2) is 15.9. The van der Waals surface area contributed by atoms with Gasteiger partial charge < -0.3 is 9.90 Å². The molecule has 0 amide bonds. The minimum atomic E-state index is -1.13. The quantitative estimate of drug-likeness (QED) is 0.313. The first kappa shape index (κ1) is 23.9. The maximum absolute atomic E-state index is 10.7. The molecule has 0 unspecified atom stereocenters. The molecule has 0 fully saturated rings. The Labute approximate surface area is 156 Å². The summed E-state index contributed by atoms with van der Waals surface area (Å²) in [4.78, 5) is 26.9. The fourth-order valence-electron chi connectivity index (χ4n) is 1.22. The molecule has 1 aromatic rings. The van der Waals surface area contributed by atoms with Crippen molar-refractivity contribution in [2.45, 2.75) is 19.8 Å². The van der Waals surface area contributed by atoms with Crippen molar-refractivity contribution in [1.29, 1.82) is 0 Å². The van der Waals surface area contributed by atoms with E-state index >= 15 is 0 Å². The van der Waals surface area contributed by atoms with Crippen molar-refractivity contribution in [3.05, 3.63) is 47.5 Å². The van der Waals surface area contributed by atoms with Crippen LogP contribution in [0.25, 0.3) is 0 Å². The second-order valence-corrected chi connectivity index (χ2v) is 3.04. The number of allylic oxidation sites excluding steroid dienone is 1. The average molecular weight is 278 g/mol. The molecule has 19 heavy (non-hydrogen) atoms. The zero-order chi connectivity index (χ0) is 13.1. The summed E-state index contributed by atoms with van der Waals surface area (Å²) in [5.41, 5.74) is 1.20. The zero-order valence-corrected chi connectivity index (χ0v) is 15.4.